The number of aromatic amines is 4. The van der Waals surface area contributed by atoms with Gasteiger partial charge in [-0.25, -0.2) is 0 Å². The number of H-pyrrole nitrogens is 4. The van der Waals surface area contributed by atoms with Gasteiger partial charge < -0.3 is 14.9 Å². The molecule has 3 aromatic rings. The van der Waals surface area contributed by atoms with Crippen LogP contribution in [-0.2, 0) is 0 Å². The molecule has 0 fully saturated rings. The van der Waals surface area contributed by atoms with Crippen LogP contribution in [0.4, 0.5) is 0 Å². The van der Waals surface area contributed by atoms with Crippen molar-refractivity contribution < 1.29 is 4.74 Å². The second kappa shape index (κ2) is 6.27. The van der Waals surface area contributed by atoms with Crippen molar-refractivity contribution in [2.45, 2.75) is 26.7 Å². The number of benzene rings is 1. The van der Waals surface area contributed by atoms with Gasteiger partial charge in [0.05, 0.1) is 17.7 Å². The topological polar surface area (TPSA) is 107 Å². The minimum Gasteiger partial charge on any atom is -0.494 e. The maximum Gasteiger partial charge on any atom is 0.268 e. The largest absolute Gasteiger partial charge is 0.494 e. The highest BCUT2D eigenvalue weighted by Gasteiger charge is 2.27. The van der Waals surface area contributed by atoms with Gasteiger partial charge in [-0.3, -0.25) is 19.8 Å². The predicted molar refractivity (Wildman–Crippen MR) is 90.9 cm³/mol. The fraction of sp³-hybridized carbons (Fsp3) is 0.294. The standard InChI is InChI=1S/C17H20N4O3/c1-4-24-12-7-5-11(6-8-12)15(13-9(2)18-20-16(13)22)14-10(3)19-21-17(14)23/h5-8,15H,4H2,1-3H3,(H2,18,20,22)(H2,19,21,23). The number of hydrogen-bond donors (Lipinski definition) is 4. The predicted octanol–water partition coefficient (Wildman–Crippen LogP) is 1.92. The number of rotatable bonds is 5. The first-order valence-corrected chi connectivity index (χ1v) is 7.80. The zero-order valence-corrected chi connectivity index (χ0v) is 13.8. The van der Waals surface area contributed by atoms with Gasteiger partial charge >= 0.3 is 0 Å². The van der Waals surface area contributed by atoms with Crippen molar-refractivity contribution >= 4 is 0 Å². The molecule has 0 aliphatic carbocycles. The maximum atomic E-state index is 12.3. The number of aryl methyl sites for hydroxylation is 2. The van der Waals surface area contributed by atoms with Crippen LogP contribution in [0.2, 0.25) is 0 Å². The Morgan fingerprint density at radius 3 is 1.75 bits per heavy atom. The van der Waals surface area contributed by atoms with Crippen LogP contribution in [0, 0.1) is 13.8 Å². The van der Waals surface area contributed by atoms with Crippen LogP contribution in [0.3, 0.4) is 0 Å². The van der Waals surface area contributed by atoms with Crippen molar-refractivity contribution in [2.75, 3.05) is 6.61 Å². The molecule has 7 nitrogen and oxygen atoms in total. The summed E-state index contributed by atoms with van der Waals surface area (Å²) in [7, 11) is 0. The molecule has 0 spiro atoms. The minimum absolute atomic E-state index is 0.230. The molecular formula is C17H20N4O3. The molecule has 0 unspecified atom stereocenters. The molecular weight excluding hydrogens is 308 g/mol. The zero-order valence-electron chi connectivity index (χ0n) is 13.8. The third-order valence-electron chi connectivity index (χ3n) is 4.13. The average molecular weight is 328 g/mol. The SMILES string of the molecule is CCOc1ccc(C(c2c(C)[nH][nH]c2=O)c2c(C)[nH][nH]c2=O)cc1. The fourth-order valence-corrected chi connectivity index (χ4v) is 3.01. The van der Waals surface area contributed by atoms with Gasteiger partial charge in [-0.05, 0) is 38.5 Å². The highest BCUT2D eigenvalue weighted by molar-refractivity contribution is 5.45. The normalized spacial score (nSPS) is 11.2. The van der Waals surface area contributed by atoms with Gasteiger partial charge in [0.2, 0.25) is 0 Å². The Kier molecular flexibility index (Phi) is 4.16. The number of ether oxygens (including phenoxy) is 1. The monoisotopic (exact) mass is 328 g/mol. The van der Waals surface area contributed by atoms with Gasteiger partial charge in [-0.1, -0.05) is 12.1 Å². The quantitative estimate of drug-likeness (QED) is 0.575. The number of hydrogen-bond acceptors (Lipinski definition) is 3. The fourth-order valence-electron chi connectivity index (χ4n) is 3.01. The lowest BCUT2D eigenvalue weighted by Crippen LogP contribution is -2.20. The summed E-state index contributed by atoms with van der Waals surface area (Å²) in [6.45, 7) is 6.12. The molecule has 3 rings (SSSR count). The van der Waals surface area contributed by atoms with E-state index in [0.29, 0.717) is 29.1 Å². The third kappa shape index (κ3) is 2.68. The smallest absolute Gasteiger partial charge is 0.268 e. The third-order valence-corrected chi connectivity index (χ3v) is 4.13. The van der Waals surface area contributed by atoms with Gasteiger partial charge in [0.15, 0.2) is 0 Å². The first kappa shape index (κ1) is 15.9. The highest BCUT2D eigenvalue weighted by atomic mass is 16.5. The second-order valence-electron chi connectivity index (χ2n) is 5.67. The molecule has 0 aliphatic rings. The molecule has 0 bridgehead atoms. The van der Waals surface area contributed by atoms with Crippen LogP contribution in [0.1, 0.15) is 40.9 Å². The summed E-state index contributed by atoms with van der Waals surface area (Å²) < 4.78 is 5.47. The van der Waals surface area contributed by atoms with Gasteiger partial charge in [-0.15, -0.1) is 0 Å². The maximum absolute atomic E-state index is 12.3. The van der Waals surface area contributed by atoms with E-state index in [1.165, 1.54) is 0 Å². The van der Waals surface area contributed by atoms with Crippen LogP contribution in [0.25, 0.3) is 0 Å². The molecule has 0 radical (unpaired) electrons. The van der Waals surface area contributed by atoms with Crippen molar-refractivity contribution in [3.05, 3.63) is 73.1 Å². The van der Waals surface area contributed by atoms with Crippen LogP contribution >= 0.6 is 0 Å². The van der Waals surface area contributed by atoms with Gasteiger partial charge in [-0.2, -0.15) is 0 Å². The van der Waals surface area contributed by atoms with Crippen LogP contribution < -0.4 is 15.9 Å². The molecule has 24 heavy (non-hydrogen) atoms. The Balaban J connectivity index is 2.20. The van der Waals surface area contributed by atoms with Crippen LogP contribution in [0.15, 0.2) is 33.9 Å². The van der Waals surface area contributed by atoms with Crippen molar-refractivity contribution in [2.24, 2.45) is 0 Å². The molecule has 0 saturated carbocycles. The summed E-state index contributed by atoms with van der Waals surface area (Å²) in [4.78, 5) is 24.6. The summed E-state index contributed by atoms with van der Waals surface area (Å²) in [5.41, 5.74) is 2.87. The van der Waals surface area contributed by atoms with E-state index in [0.717, 1.165) is 11.3 Å². The Morgan fingerprint density at radius 2 is 1.38 bits per heavy atom. The molecule has 7 heteroatoms. The van der Waals surface area contributed by atoms with Crippen molar-refractivity contribution in [1.82, 2.24) is 20.4 Å². The first-order chi connectivity index (χ1) is 11.5. The van der Waals surface area contributed by atoms with Crippen molar-refractivity contribution in [3.63, 3.8) is 0 Å². The Labute approximate surface area is 138 Å². The van der Waals surface area contributed by atoms with Crippen molar-refractivity contribution in [1.29, 1.82) is 0 Å². The van der Waals surface area contributed by atoms with E-state index in [1.54, 1.807) is 0 Å². The summed E-state index contributed by atoms with van der Waals surface area (Å²) in [5, 5.41) is 10.9. The van der Waals surface area contributed by atoms with E-state index in [-0.39, 0.29) is 11.1 Å². The Bertz CT molecular complexity index is 889. The van der Waals surface area contributed by atoms with Gasteiger partial charge in [0.25, 0.3) is 11.1 Å². The lowest BCUT2D eigenvalue weighted by molar-refractivity contribution is 0.340. The second-order valence-corrected chi connectivity index (χ2v) is 5.67. The number of aromatic nitrogens is 4. The van der Waals surface area contributed by atoms with Crippen LogP contribution in [0.5, 0.6) is 5.75 Å². The van der Waals surface area contributed by atoms with Gasteiger partial charge in [0.1, 0.15) is 5.75 Å². The lowest BCUT2D eigenvalue weighted by atomic mass is 9.85. The molecule has 126 valence electrons. The first-order valence-electron chi connectivity index (χ1n) is 7.80. The van der Waals surface area contributed by atoms with Crippen molar-refractivity contribution in [3.8, 4) is 5.75 Å². The van der Waals surface area contributed by atoms with E-state index < -0.39 is 5.92 Å². The zero-order chi connectivity index (χ0) is 17.3. The molecule has 2 aromatic heterocycles. The lowest BCUT2D eigenvalue weighted by Gasteiger charge is -2.16. The molecule has 1 aromatic carbocycles. The summed E-state index contributed by atoms with van der Waals surface area (Å²) in [6.07, 6.45) is 0. The molecule has 4 N–H and O–H groups in total. The van der Waals surface area contributed by atoms with Gasteiger partial charge in [0, 0.05) is 17.3 Å². The van der Waals surface area contributed by atoms with Crippen LogP contribution in [-0.4, -0.2) is 27.0 Å². The molecule has 0 aliphatic heterocycles. The molecule has 2 heterocycles. The molecule has 0 atom stereocenters. The molecule has 0 saturated heterocycles. The van der Waals surface area contributed by atoms with E-state index in [9.17, 15) is 9.59 Å². The summed E-state index contributed by atoms with van der Waals surface area (Å²) in [5.74, 6) is 0.282. The van der Waals surface area contributed by atoms with E-state index >= 15 is 0 Å². The van der Waals surface area contributed by atoms with E-state index in [4.69, 9.17) is 4.74 Å². The summed E-state index contributed by atoms with van der Waals surface area (Å²) in [6, 6.07) is 7.46. The molecule has 0 amide bonds. The summed E-state index contributed by atoms with van der Waals surface area (Å²) >= 11 is 0. The Hall–Kier alpha value is -2.96. The van der Waals surface area contributed by atoms with E-state index in [1.807, 2.05) is 45.0 Å². The highest BCUT2D eigenvalue weighted by Crippen LogP contribution is 2.31. The minimum atomic E-state index is -0.467. The Morgan fingerprint density at radius 1 is 0.875 bits per heavy atom. The number of nitrogens with one attached hydrogen (secondary N) is 4. The average Bonchev–Trinajstić information content (AvgIpc) is 3.07. The van der Waals surface area contributed by atoms with E-state index in [2.05, 4.69) is 20.4 Å².